The van der Waals surface area contributed by atoms with E-state index in [9.17, 15) is 5.11 Å². The Kier molecular flexibility index (Phi) is 2.20. The van der Waals surface area contributed by atoms with E-state index in [0.717, 1.165) is 18.5 Å². The monoisotopic (exact) mass is 178 g/mol. The Hall–Kier alpha value is -1.06. The Balaban J connectivity index is 2.32. The molecule has 3 heteroatoms. The highest BCUT2D eigenvalue weighted by molar-refractivity contribution is 5.38. The first-order valence-corrected chi connectivity index (χ1v) is 4.55. The van der Waals surface area contributed by atoms with Crippen LogP contribution < -0.4 is 10.9 Å². The van der Waals surface area contributed by atoms with Crippen molar-refractivity contribution in [2.45, 2.75) is 19.4 Å². The minimum absolute atomic E-state index is 0.250. The van der Waals surface area contributed by atoms with E-state index in [1.165, 1.54) is 5.56 Å². The number of hydrogen-bond donors (Lipinski definition) is 3. The largest absolute Gasteiger partial charge is 0.508 e. The molecule has 1 aromatic rings. The Morgan fingerprint density at radius 3 is 3.00 bits per heavy atom. The van der Waals surface area contributed by atoms with Crippen LogP contribution in [0.5, 0.6) is 5.75 Å². The summed E-state index contributed by atoms with van der Waals surface area (Å²) < 4.78 is 0. The van der Waals surface area contributed by atoms with E-state index < -0.39 is 0 Å². The maximum Gasteiger partial charge on any atom is 0.120 e. The Morgan fingerprint density at radius 2 is 2.31 bits per heavy atom. The molecule has 0 aromatic heterocycles. The molecule has 1 unspecified atom stereocenters. The lowest BCUT2D eigenvalue weighted by Gasteiger charge is -2.12. The van der Waals surface area contributed by atoms with Crippen LogP contribution in [0.4, 0.5) is 0 Å². The van der Waals surface area contributed by atoms with Gasteiger partial charge in [-0.15, -0.1) is 0 Å². The maximum atomic E-state index is 9.63. The van der Waals surface area contributed by atoms with Crippen molar-refractivity contribution in [2.24, 2.45) is 0 Å². The van der Waals surface area contributed by atoms with Gasteiger partial charge in [0.25, 0.3) is 0 Å². The topological polar surface area (TPSA) is 44.3 Å². The van der Waals surface area contributed by atoms with Crippen LogP contribution in [0.1, 0.15) is 23.6 Å². The second-order valence-electron chi connectivity index (χ2n) is 3.47. The van der Waals surface area contributed by atoms with Crippen molar-refractivity contribution in [3.8, 4) is 5.75 Å². The molecule has 0 aliphatic carbocycles. The molecular formula is C10H14N2O. The van der Waals surface area contributed by atoms with Crippen LogP contribution in [0.2, 0.25) is 0 Å². The van der Waals surface area contributed by atoms with E-state index in [0.29, 0.717) is 5.75 Å². The zero-order valence-corrected chi connectivity index (χ0v) is 7.67. The third-order valence-electron chi connectivity index (χ3n) is 2.39. The molecule has 0 bridgehead atoms. The average molecular weight is 178 g/mol. The molecule has 1 saturated heterocycles. The van der Waals surface area contributed by atoms with Gasteiger partial charge in [-0.1, -0.05) is 17.7 Å². The van der Waals surface area contributed by atoms with Gasteiger partial charge in [0, 0.05) is 12.1 Å². The van der Waals surface area contributed by atoms with Crippen LogP contribution >= 0.6 is 0 Å². The number of rotatable bonds is 1. The number of benzene rings is 1. The fraction of sp³-hybridized carbons (Fsp3) is 0.400. The van der Waals surface area contributed by atoms with Crippen LogP contribution in [-0.2, 0) is 0 Å². The molecule has 0 spiro atoms. The summed E-state index contributed by atoms with van der Waals surface area (Å²) in [7, 11) is 0. The highest BCUT2D eigenvalue weighted by Crippen LogP contribution is 2.28. The predicted molar refractivity (Wildman–Crippen MR) is 51.3 cm³/mol. The third kappa shape index (κ3) is 1.66. The molecule has 2 rings (SSSR count). The number of phenolic OH excluding ortho intramolecular Hbond substituents is 1. The van der Waals surface area contributed by atoms with Gasteiger partial charge >= 0.3 is 0 Å². The van der Waals surface area contributed by atoms with Crippen molar-refractivity contribution in [3.05, 3.63) is 29.3 Å². The van der Waals surface area contributed by atoms with Crippen molar-refractivity contribution < 1.29 is 5.11 Å². The summed E-state index contributed by atoms with van der Waals surface area (Å²) >= 11 is 0. The first-order chi connectivity index (χ1) is 6.27. The summed E-state index contributed by atoms with van der Waals surface area (Å²) in [6.45, 7) is 2.99. The highest BCUT2D eigenvalue weighted by atomic mass is 16.3. The summed E-state index contributed by atoms with van der Waals surface area (Å²) in [5.41, 5.74) is 8.36. The lowest BCUT2D eigenvalue weighted by atomic mass is 10.0. The number of hydrazine groups is 1. The van der Waals surface area contributed by atoms with Gasteiger partial charge in [0.05, 0.1) is 6.04 Å². The van der Waals surface area contributed by atoms with E-state index in [1.807, 2.05) is 19.1 Å². The standard InChI is InChI=1S/C10H14N2O/c1-7-2-3-10(13)8(6-7)9-4-5-11-12-9/h2-3,6,9,11-13H,4-5H2,1H3. The third-order valence-corrected chi connectivity index (χ3v) is 2.39. The number of aryl methyl sites for hydroxylation is 1. The fourth-order valence-electron chi connectivity index (χ4n) is 1.67. The van der Waals surface area contributed by atoms with Crippen LogP contribution in [0.3, 0.4) is 0 Å². The van der Waals surface area contributed by atoms with Gasteiger partial charge in [0.1, 0.15) is 5.75 Å². The first kappa shape index (κ1) is 8.53. The van der Waals surface area contributed by atoms with Gasteiger partial charge < -0.3 is 5.11 Å². The summed E-state index contributed by atoms with van der Waals surface area (Å²) in [6, 6.07) is 5.95. The van der Waals surface area contributed by atoms with Gasteiger partial charge in [0.2, 0.25) is 0 Å². The number of aromatic hydroxyl groups is 1. The molecule has 0 radical (unpaired) electrons. The van der Waals surface area contributed by atoms with Gasteiger partial charge in [-0.05, 0) is 19.4 Å². The van der Waals surface area contributed by atoms with Crippen LogP contribution in [0.25, 0.3) is 0 Å². The Bertz CT molecular complexity index is 306. The molecule has 1 heterocycles. The van der Waals surface area contributed by atoms with E-state index in [2.05, 4.69) is 10.9 Å². The predicted octanol–water partition coefficient (Wildman–Crippen LogP) is 1.24. The van der Waals surface area contributed by atoms with Crippen molar-refractivity contribution in [3.63, 3.8) is 0 Å². The van der Waals surface area contributed by atoms with Crippen LogP contribution in [0, 0.1) is 6.92 Å². The molecule has 1 fully saturated rings. The van der Waals surface area contributed by atoms with E-state index in [1.54, 1.807) is 6.07 Å². The van der Waals surface area contributed by atoms with Crippen molar-refractivity contribution in [2.75, 3.05) is 6.54 Å². The normalized spacial score (nSPS) is 22.1. The molecule has 1 aromatic carbocycles. The molecule has 3 N–H and O–H groups in total. The molecule has 70 valence electrons. The Labute approximate surface area is 77.7 Å². The summed E-state index contributed by atoms with van der Waals surface area (Å²) in [5.74, 6) is 0.381. The Morgan fingerprint density at radius 1 is 1.46 bits per heavy atom. The maximum absolute atomic E-state index is 9.63. The molecule has 1 aliphatic rings. The van der Waals surface area contributed by atoms with E-state index in [-0.39, 0.29) is 6.04 Å². The van der Waals surface area contributed by atoms with Gasteiger partial charge in [0.15, 0.2) is 0 Å². The molecule has 0 amide bonds. The minimum atomic E-state index is 0.250. The molecule has 3 nitrogen and oxygen atoms in total. The van der Waals surface area contributed by atoms with E-state index in [4.69, 9.17) is 0 Å². The quantitative estimate of drug-likeness (QED) is 0.606. The van der Waals surface area contributed by atoms with Gasteiger partial charge in [-0.3, -0.25) is 10.9 Å². The lowest BCUT2D eigenvalue weighted by Crippen LogP contribution is -2.24. The highest BCUT2D eigenvalue weighted by Gasteiger charge is 2.18. The summed E-state index contributed by atoms with van der Waals surface area (Å²) in [6.07, 6.45) is 1.02. The van der Waals surface area contributed by atoms with Crippen molar-refractivity contribution >= 4 is 0 Å². The smallest absolute Gasteiger partial charge is 0.120 e. The van der Waals surface area contributed by atoms with Crippen molar-refractivity contribution in [1.29, 1.82) is 0 Å². The first-order valence-electron chi connectivity index (χ1n) is 4.55. The average Bonchev–Trinajstić information content (AvgIpc) is 2.61. The summed E-state index contributed by atoms with van der Waals surface area (Å²) in [5, 5.41) is 9.63. The van der Waals surface area contributed by atoms with Gasteiger partial charge in [-0.2, -0.15) is 0 Å². The minimum Gasteiger partial charge on any atom is -0.508 e. The number of phenols is 1. The lowest BCUT2D eigenvalue weighted by molar-refractivity contribution is 0.453. The zero-order chi connectivity index (χ0) is 9.26. The van der Waals surface area contributed by atoms with Crippen molar-refractivity contribution in [1.82, 2.24) is 10.9 Å². The van der Waals surface area contributed by atoms with Gasteiger partial charge in [-0.25, -0.2) is 0 Å². The molecule has 1 atom stereocenters. The molecule has 13 heavy (non-hydrogen) atoms. The second kappa shape index (κ2) is 3.36. The molecule has 0 saturated carbocycles. The zero-order valence-electron chi connectivity index (χ0n) is 7.67. The number of nitrogens with one attached hydrogen (secondary N) is 2. The van der Waals surface area contributed by atoms with E-state index >= 15 is 0 Å². The SMILES string of the molecule is Cc1ccc(O)c(C2CCNN2)c1. The van der Waals surface area contributed by atoms with Crippen LogP contribution in [0.15, 0.2) is 18.2 Å². The number of hydrogen-bond acceptors (Lipinski definition) is 3. The second-order valence-corrected chi connectivity index (χ2v) is 3.47. The summed E-state index contributed by atoms with van der Waals surface area (Å²) in [4.78, 5) is 0. The molecule has 1 aliphatic heterocycles. The fourth-order valence-corrected chi connectivity index (χ4v) is 1.67. The van der Waals surface area contributed by atoms with Crippen LogP contribution in [-0.4, -0.2) is 11.7 Å². The molecular weight excluding hydrogens is 164 g/mol.